The van der Waals surface area contributed by atoms with Crippen LogP contribution < -0.4 is 10.5 Å². The standard InChI is InChI=1S/C11H11F2N3O2/c12-11(13)17-8-3-1-2-7(6-8)10-15-9(4-5-14)18-16-10/h1-3,6,11H,4-5,14H2. The molecule has 0 aliphatic rings. The third-order valence-corrected chi connectivity index (χ3v) is 2.14. The monoisotopic (exact) mass is 255 g/mol. The van der Waals surface area contributed by atoms with Crippen LogP contribution in [0, 0.1) is 0 Å². The summed E-state index contributed by atoms with van der Waals surface area (Å²) in [7, 11) is 0. The molecule has 18 heavy (non-hydrogen) atoms. The van der Waals surface area contributed by atoms with Gasteiger partial charge >= 0.3 is 6.61 Å². The van der Waals surface area contributed by atoms with Crippen molar-refractivity contribution in [1.29, 1.82) is 0 Å². The van der Waals surface area contributed by atoms with Gasteiger partial charge in [-0.05, 0) is 12.1 Å². The van der Waals surface area contributed by atoms with E-state index < -0.39 is 6.61 Å². The lowest BCUT2D eigenvalue weighted by atomic mass is 10.2. The van der Waals surface area contributed by atoms with Gasteiger partial charge in [-0.15, -0.1) is 0 Å². The second kappa shape index (κ2) is 5.54. The Hall–Kier alpha value is -2.02. The lowest BCUT2D eigenvalue weighted by Gasteiger charge is -2.04. The van der Waals surface area contributed by atoms with Crippen LogP contribution in [-0.2, 0) is 6.42 Å². The average Bonchev–Trinajstić information content (AvgIpc) is 2.78. The third-order valence-electron chi connectivity index (χ3n) is 2.14. The Kier molecular flexibility index (Phi) is 3.83. The highest BCUT2D eigenvalue weighted by atomic mass is 19.3. The van der Waals surface area contributed by atoms with E-state index in [2.05, 4.69) is 14.9 Å². The molecule has 0 unspecified atom stereocenters. The molecule has 1 aromatic heterocycles. The van der Waals surface area contributed by atoms with Crippen LogP contribution in [0.25, 0.3) is 11.4 Å². The van der Waals surface area contributed by atoms with Crippen LogP contribution >= 0.6 is 0 Å². The molecule has 0 saturated heterocycles. The van der Waals surface area contributed by atoms with Gasteiger partial charge in [-0.3, -0.25) is 0 Å². The van der Waals surface area contributed by atoms with Gasteiger partial charge in [0.2, 0.25) is 11.7 Å². The van der Waals surface area contributed by atoms with Gasteiger partial charge in [0, 0.05) is 18.5 Å². The topological polar surface area (TPSA) is 74.2 Å². The van der Waals surface area contributed by atoms with Gasteiger partial charge in [-0.25, -0.2) is 0 Å². The minimum atomic E-state index is -2.86. The van der Waals surface area contributed by atoms with Crippen LogP contribution in [0.5, 0.6) is 5.75 Å². The Labute approximate surface area is 102 Å². The molecule has 0 spiro atoms. The van der Waals surface area contributed by atoms with Gasteiger partial charge in [0.15, 0.2) is 0 Å². The number of halogens is 2. The predicted octanol–water partition coefficient (Wildman–Crippen LogP) is 1.84. The number of benzene rings is 1. The normalized spacial score (nSPS) is 10.9. The summed E-state index contributed by atoms with van der Waals surface area (Å²) in [6, 6.07) is 6.10. The Morgan fingerprint density at radius 3 is 2.94 bits per heavy atom. The molecule has 0 fully saturated rings. The Bertz CT molecular complexity index is 516. The summed E-state index contributed by atoms with van der Waals surface area (Å²) in [4.78, 5) is 4.09. The Balaban J connectivity index is 2.21. The van der Waals surface area contributed by atoms with Gasteiger partial charge in [-0.1, -0.05) is 17.3 Å². The minimum Gasteiger partial charge on any atom is -0.435 e. The Morgan fingerprint density at radius 2 is 2.22 bits per heavy atom. The molecular weight excluding hydrogens is 244 g/mol. The molecule has 1 heterocycles. The zero-order valence-corrected chi connectivity index (χ0v) is 9.35. The largest absolute Gasteiger partial charge is 0.435 e. The highest BCUT2D eigenvalue weighted by Gasteiger charge is 2.10. The number of nitrogens with two attached hydrogens (primary N) is 1. The van der Waals surface area contributed by atoms with Gasteiger partial charge in [0.05, 0.1) is 0 Å². The second-order valence-electron chi connectivity index (χ2n) is 3.46. The van der Waals surface area contributed by atoms with Crippen LogP contribution in [0.15, 0.2) is 28.8 Å². The van der Waals surface area contributed by atoms with Crippen LogP contribution in [0.1, 0.15) is 5.89 Å². The van der Waals surface area contributed by atoms with Crippen LogP contribution in [0.4, 0.5) is 8.78 Å². The van der Waals surface area contributed by atoms with E-state index in [0.717, 1.165) is 0 Å². The van der Waals surface area contributed by atoms with Crippen LogP contribution in [-0.4, -0.2) is 23.3 Å². The van der Waals surface area contributed by atoms with Crippen molar-refractivity contribution in [3.05, 3.63) is 30.2 Å². The molecule has 7 heteroatoms. The average molecular weight is 255 g/mol. The first-order valence-electron chi connectivity index (χ1n) is 5.27. The molecule has 2 N–H and O–H groups in total. The molecule has 0 radical (unpaired) electrons. The van der Waals surface area contributed by atoms with Crippen molar-refractivity contribution >= 4 is 0 Å². The van der Waals surface area contributed by atoms with Crippen molar-refractivity contribution in [3.63, 3.8) is 0 Å². The summed E-state index contributed by atoms with van der Waals surface area (Å²) in [6.07, 6.45) is 0.472. The zero-order valence-electron chi connectivity index (χ0n) is 9.35. The number of hydrogen-bond donors (Lipinski definition) is 1. The van der Waals surface area contributed by atoms with Crippen molar-refractivity contribution < 1.29 is 18.0 Å². The summed E-state index contributed by atoms with van der Waals surface area (Å²) in [5.41, 5.74) is 5.90. The number of aromatic nitrogens is 2. The maximum Gasteiger partial charge on any atom is 0.387 e. The second-order valence-corrected chi connectivity index (χ2v) is 3.46. The summed E-state index contributed by atoms with van der Waals surface area (Å²) in [6.45, 7) is -2.46. The number of ether oxygens (including phenoxy) is 1. The van der Waals surface area contributed by atoms with E-state index in [1.807, 2.05) is 0 Å². The maximum absolute atomic E-state index is 12.1. The van der Waals surface area contributed by atoms with E-state index in [1.165, 1.54) is 12.1 Å². The molecule has 96 valence electrons. The summed E-state index contributed by atoms with van der Waals surface area (Å²) in [5.74, 6) is 0.776. The smallest absolute Gasteiger partial charge is 0.387 e. The third kappa shape index (κ3) is 3.01. The predicted molar refractivity (Wildman–Crippen MR) is 59.1 cm³/mol. The lowest BCUT2D eigenvalue weighted by Crippen LogP contribution is -2.02. The zero-order chi connectivity index (χ0) is 13.0. The van der Waals surface area contributed by atoms with Crippen molar-refractivity contribution in [3.8, 4) is 17.1 Å². The number of nitrogens with zero attached hydrogens (tertiary/aromatic N) is 2. The molecule has 0 aliphatic carbocycles. The summed E-state index contributed by atoms with van der Waals surface area (Å²) >= 11 is 0. The molecule has 0 aliphatic heterocycles. The molecular formula is C11H11F2N3O2. The minimum absolute atomic E-state index is 0.0488. The first kappa shape index (κ1) is 12.4. The molecule has 2 rings (SSSR count). The van der Waals surface area contributed by atoms with E-state index in [4.69, 9.17) is 10.3 Å². The highest BCUT2D eigenvalue weighted by molar-refractivity contribution is 5.56. The van der Waals surface area contributed by atoms with Crippen molar-refractivity contribution in [1.82, 2.24) is 10.1 Å². The highest BCUT2D eigenvalue weighted by Crippen LogP contribution is 2.22. The Morgan fingerprint density at radius 1 is 1.39 bits per heavy atom. The maximum atomic E-state index is 12.1. The molecule has 0 saturated carbocycles. The first-order chi connectivity index (χ1) is 8.69. The summed E-state index contributed by atoms with van der Waals surface area (Å²) in [5, 5.41) is 3.74. The number of rotatable bonds is 5. The first-order valence-corrected chi connectivity index (χ1v) is 5.27. The van der Waals surface area contributed by atoms with Crippen LogP contribution in [0.2, 0.25) is 0 Å². The molecule has 0 bridgehead atoms. The van der Waals surface area contributed by atoms with Gasteiger partial charge in [-0.2, -0.15) is 13.8 Å². The van der Waals surface area contributed by atoms with Crippen LogP contribution in [0.3, 0.4) is 0 Å². The lowest BCUT2D eigenvalue weighted by molar-refractivity contribution is -0.0498. The fourth-order valence-corrected chi connectivity index (χ4v) is 1.41. The van der Waals surface area contributed by atoms with Crippen molar-refractivity contribution in [2.45, 2.75) is 13.0 Å². The molecule has 1 aromatic carbocycles. The van der Waals surface area contributed by atoms with E-state index in [0.29, 0.717) is 30.2 Å². The van der Waals surface area contributed by atoms with Gasteiger partial charge in [0.1, 0.15) is 5.75 Å². The van der Waals surface area contributed by atoms with Gasteiger partial charge in [0.25, 0.3) is 0 Å². The van der Waals surface area contributed by atoms with Crippen molar-refractivity contribution in [2.24, 2.45) is 5.73 Å². The molecule has 5 nitrogen and oxygen atoms in total. The van der Waals surface area contributed by atoms with Crippen molar-refractivity contribution in [2.75, 3.05) is 6.54 Å². The molecule has 0 amide bonds. The van der Waals surface area contributed by atoms with E-state index in [9.17, 15) is 8.78 Å². The molecule has 0 atom stereocenters. The fraction of sp³-hybridized carbons (Fsp3) is 0.273. The molecule has 2 aromatic rings. The van der Waals surface area contributed by atoms with E-state index in [-0.39, 0.29) is 5.75 Å². The van der Waals surface area contributed by atoms with E-state index in [1.54, 1.807) is 12.1 Å². The quantitative estimate of drug-likeness (QED) is 0.882. The fourth-order valence-electron chi connectivity index (χ4n) is 1.41. The number of alkyl halides is 2. The number of hydrogen-bond acceptors (Lipinski definition) is 5. The van der Waals surface area contributed by atoms with E-state index >= 15 is 0 Å². The van der Waals surface area contributed by atoms with Gasteiger partial charge < -0.3 is 15.0 Å². The SMILES string of the molecule is NCCc1nc(-c2cccc(OC(F)F)c2)no1. The summed E-state index contributed by atoms with van der Waals surface area (Å²) < 4.78 is 33.4.